The number of aromatic amines is 1. The van der Waals surface area contributed by atoms with Gasteiger partial charge in [-0.15, -0.1) is 0 Å². The van der Waals surface area contributed by atoms with Gasteiger partial charge in [-0.25, -0.2) is 0 Å². The Hall–Kier alpha value is -1.48. The molecule has 88 valence electrons. The molecule has 0 amide bonds. The molecule has 0 fully saturated rings. The van der Waals surface area contributed by atoms with Crippen molar-refractivity contribution in [1.82, 2.24) is 4.98 Å². The number of hydrogen-bond donors (Lipinski definition) is 2. The summed E-state index contributed by atoms with van der Waals surface area (Å²) >= 11 is 6.13. The summed E-state index contributed by atoms with van der Waals surface area (Å²) in [7, 11) is 0. The van der Waals surface area contributed by atoms with E-state index in [0.29, 0.717) is 17.9 Å². The number of aromatic nitrogens is 1. The van der Waals surface area contributed by atoms with Crippen molar-refractivity contribution >= 4 is 28.5 Å². The summed E-state index contributed by atoms with van der Waals surface area (Å²) in [6.07, 6.45) is 2.09. The average molecular weight is 250 g/mol. The molecule has 0 radical (unpaired) electrons. The van der Waals surface area contributed by atoms with Crippen LogP contribution in [0.3, 0.4) is 0 Å². The third-order valence-corrected chi connectivity index (χ3v) is 3.84. The van der Waals surface area contributed by atoms with Crippen molar-refractivity contribution in [2.24, 2.45) is 5.92 Å². The summed E-state index contributed by atoms with van der Waals surface area (Å²) in [6.45, 7) is 0. The molecule has 1 aromatic heterocycles. The van der Waals surface area contributed by atoms with Crippen LogP contribution < -0.4 is 0 Å². The van der Waals surface area contributed by atoms with Gasteiger partial charge in [0.25, 0.3) is 0 Å². The van der Waals surface area contributed by atoms with Gasteiger partial charge < -0.3 is 10.1 Å². The lowest BCUT2D eigenvalue weighted by atomic mass is 9.86. The third-order valence-electron chi connectivity index (χ3n) is 3.52. The highest BCUT2D eigenvalue weighted by Crippen LogP contribution is 2.34. The first-order valence-electron chi connectivity index (χ1n) is 5.67. The molecule has 1 unspecified atom stereocenters. The van der Waals surface area contributed by atoms with Crippen LogP contribution in [-0.2, 0) is 17.6 Å². The van der Waals surface area contributed by atoms with Crippen molar-refractivity contribution in [2.75, 3.05) is 0 Å². The fourth-order valence-corrected chi connectivity index (χ4v) is 2.84. The number of benzene rings is 1. The number of carboxylic acids is 1. The number of hydrogen-bond acceptors (Lipinski definition) is 1. The van der Waals surface area contributed by atoms with E-state index in [0.717, 1.165) is 28.6 Å². The quantitative estimate of drug-likeness (QED) is 0.816. The van der Waals surface area contributed by atoms with E-state index in [-0.39, 0.29) is 5.92 Å². The zero-order chi connectivity index (χ0) is 12.0. The topological polar surface area (TPSA) is 53.1 Å². The van der Waals surface area contributed by atoms with Crippen molar-refractivity contribution in [3.05, 3.63) is 34.5 Å². The van der Waals surface area contributed by atoms with Crippen LogP contribution in [0.1, 0.15) is 17.7 Å². The molecule has 0 bridgehead atoms. The first-order chi connectivity index (χ1) is 8.16. The first kappa shape index (κ1) is 10.7. The SMILES string of the molecule is O=C(O)C1CCc2[nH]c3c(Cl)cccc3c2C1. The molecule has 3 nitrogen and oxygen atoms in total. The number of H-pyrrole nitrogens is 1. The van der Waals surface area contributed by atoms with Crippen molar-refractivity contribution in [1.29, 1.82) is 0 Å². The Bertz CT molecular complexity index is 603. The van der Waals surface area contributed by atoms with Gasteiger partial charge in [-0.3, -0.25) is 4.79 Å². The molecule has 0 aliphatic heterocycles. The Kier molecular flexibility index (Phi) is 2.37. The van der Waals surface area contributed by atoms with Crippen LogP contribution >= 0.6 is 11.6 Å². The minimum Gasteiger partial charge on any atom is -0.481 e. The van der Waals surface area contributed by atoms with E-state index in [1.165, 1.54) is 0 Å². The van der Waals surface area contributed by atoms with E-state index in [4.69, 9.17) is 16.7 Å². The Morgan fingerprint density at radius 3 is 3.06 bits per heavy atom. The molecule has 1 heterocycles. The molecular formula is C13H12ClNO2. The zero-order valence-corrected chi connectivity index (χ0v) is 9.92. The molecule has 0 saturated carbocycles. The molecule has 2 aromatic rings. The molecule has 1 aliphatic rings. The van der Waals surface area contributed by atoms with Crippen molar-refractivity contribution < 1.29 is 9.90 Å². The molecule has 1 atom stereocenters. The van der Waals surface area contributed by atoms with Gasteiger partial charge in [-0.05, 0) is 30.9 Å². The number of rotatable bonds is 1. The Labute approximate surface area is 103 Å². The number of carboxylic acid groups (broad SMARTS) is 1. The van der Waals surface area contributed by atoms with Crippen molar-refractivity contribution in [3.63, 3.8) is 0 Å². The number of carbonyl (C=O) groups is 1. The first-order valence-corrected chi connectivity index (χ1v) is 6.05. The van der Waals surface area contributed by atoms with Crippen LogP contribution in [0, 0.1) is 5.92 Å². The van der Waals surface area contributed by atoms with Crippen molar-refractivity contribution in [2.45, 2.75) is 19.3 Å². The summed E-state index contributed by atoms with van der Waals surface area (Å²) in [4.78, 5) is 14.4. The zero-order valence-electron chi connectivity index (χ0n) is 9.16. The monoisotopic (exact) mass is 249 g/mol. The molecule has 1 aromatic carbocycles. The number of aryl methyl sites for hydroxylation is 1. The van der Waals surface area contributed by atoms with Gasteiger partial charge in [0.1, 0.15) is 0 Å². The maximum Gasteiger partial charge on any atom is 0.306 e. The molecule has 17 heavy (non-hydrogen) atoms. The van der Waals surface area contributed by atoms with Gasteiger partial charge >= 0.3 is 5.97 Å². The molecular weight excluding hydrogens is 238 g/mol. The molecule has 1 aliphatic carbocycles. The Morgan fingerprint density at radius 1 is 1.47 bits per heavy atom. The maximum absolute atomic E-state index is 11.1. The summed E-state index contributed by atoms with van der Waals surface area (Å²) in [5.41, 5.74) is 3.21. The predicted octanol–water partition coefficient (Wildman–Crippen LogP) is 3.01. The lowest BCUT2D eigenvalue weighted by molar-refractivity contribution is -0.142. The second kappa shape index (κ2) is 3.77. The third kappa shape index (κ3) is 1.62. The fourth-order valence-electron chi connectivity index (χ4n) is 2.62. The number of para-hydroxylation sites is 1. The number of fused-ring (bicyclic) bond motifs is 3. The van der Waals surface area contributed by atoms with Crippen molar-refractivity contribution in [3.8, 4) is 0 Å². The fraction of sp³-hybridized carbons (Fsp3) is 0.308. The van der Waals surface area contributed by atoms with Gasteiger partial charge in [0.2, 0.25) is 0 Å². The van der Waals surface area contributed by atoms with Crippen LogP contribution in [0.5, 0.6) is 0 Å². The normalized spacial score (nSPS) is 19.2. The lowest BCUT2D eigenvalue weighted by Crippen LogP contribution is -2.21. The largest absolute Gasteiger partial charge is 0.481 e. The number of halogens is 1. The highest BCUT2D eigenvalue weighted by atomic mass is 35.5. The average Bonchev–Trinajstić information content (AvgIpc) is 2.68. The Morgan fingerprint density at radius 2 is 2.29 bits per heavy atom. The van der Waals surface area contributed by atoms with E-state index in [2.05, 4.69) is 4.98 Å². The summed E-state index contributed by atoms with van der Waals surface area (Å²) in [5.74, 6) is -0.965. The van der Waals surface area contributed by atoms with E-state index in [1.807, 2.05) is 18.2 Å². The molecule has 2 N–H and O–H groups in total. The number of aliphatic carboxylic acids is 1. The van der Waals surface area contributed by atoms with Gasteiger partial charge in [-0.2, -0.15) is 0 Å². The molecule has 3 rings (SSSR count). The maximum atomic E-state index is 11.1. The smallest absolute Gasteiger partial charge is 0.306 e. The Balaban J connectivity index is 2.15. The van der Waals surface area contributed by atoms with Crippen LogP contribution in [-0.4, -0.2) is 16.1 Å². The second-order valence-electron chi connectivity index (χ2n) is 4.52. The van der Waals surface area contributed by atoms with Gasteiger partial charge in [0, 0.05) is 11.1 Å². The van der Waals surface area contributed by atoms with E-state index in [1.54, 1.807) is 0 Å². The van der Waals surface area contributed by atoms with Crippen LogP contribution in [0.25, 0.3) is 10.9 Å². The molecule has 0 spiro atoms. The number of nitrogens with one attached hydrogen (secondary N) is 1. The van der Waals surface area contributed by atoms with E-state index < -0.39 is 5.97 Å². The lowest BCUT2D eigenvalue weighted by Gasteiger charge is -2.18. The summed E-state index contributed by atoms with van der Waals surface area (Å²) in [6, 6.07) is 5.75. The predicted molar refractivity (Wildman–Crippen MR) is 66.5 cm³/mol. The van der Waals surface area contributed by atoms with Crippen LogP contribution in [0.4, 0.5) is 0 Å². The van der Waals surface area contributed by atoms with Gasteiger partial charge in [-0.1, -0.05) is 23.7 Å². The second-order valence-corrected chi connectivity index (χ2v) is 4.93. The minimum absolute atomic E-state index is 0.263. The standard InChI is InChI=1S/C13H12ClNO2/c14-10-3-1-2-8-9-6-7(13(16)17)4-5-11(9)15-12(8)10/h1-3,7,15H,4-6H2,(H,16,17). The van der Waals surface area contributed by atoms with Gasteiger partial charge in [0.05, 0.1) is 16.5 Å². The summed E-state index contributed by atoms with van der Waals surface area (Å²) < 4.78 is 0. The molecule has 0 saturated heterocycles. The highest BCUT2D eigenvalue weighted by Gasteiger charge is 2.27. The minimum atomic E-state index is -0.702. The van der Waals surface area contributed by atoms with E-state index >= 15 is 0 Å². The highest BCUT2D eigenvalue weighted by molar-refractivity contribution is 6.35. The summed E-state index contributed by atoms with van der Waals surface area (Å²) in [5, 5.41) is 10.9. The van der Waals surface area contributed by atoms with Crippen LogP contribution in [0.2, 0.25) is 5.02 Å². The molecule has 4 heteroatoms. The van der Waals surface area contributed by atoms with Crippen LogP contribution in [0.15, 0.2) is 18.2 Å². The van der Waals surface area contributed by atoms with E-state index in [9.17, 15) is 4.79 Å². The van der Waals surface area contributed by atoms with Gasteiger partial charge in [0.15, 0.2) is 0 Å².